The molecule has 3 aromatic rings. The molecule has 1 aromatic carbocycles. The highest BCUT2D eigenvalue weighted by molar-refractivity contribution is 7.91. The maximum atomic E-state index is 13.4. The molecule has 0 spiro atoms. The molecule has 0 atom stereocenters. The van der Waals surface area contributed by atoms with Crippen molar-refractivity contribution in [3.8, 4) is 17.9 Å². The second-order valence-electron chi connectivity index (χ2n) is 8.69. The molecule has 0 aliphatic carbocycles. The van der Waals surface area contributed by atoms with E-state index in [9.17, 15) is 26.4 Å². The topological polar surface area (TPSA) is 129 Å². The molecule has 0 bridgehead atoms. The number of nitrogens with one attached hydrogen (secondary N) is 3. The number of nitrogens with zero attached hydrogens (tertiary/aromatic N) is 3. The number of pyridine rings is 1. The number of sulfone groups is 1. The van der Waals surface area contributed by atoms with Gasteiger partial charge in [-0.2, -0.15) is 18.4 Å². The third-order valence-corrected chi connectivity index (χ3v) is 7.60. The van der Waals surface area contributed by atoms with Crippen LogP contribution < -0.4 is 16.0 Å². The van der Waals surface area contributed by atoms with E-state index in [1.807, 2.05) is 6.07 Å². The fourth-order valence-electron chi connectivity index (χ4n) is 4.09. The summed E-state index contributed by atoms with van der Waals surface area (Å²) in [6.07, 6.45) is -2.34. The fourth-order valence-corrected chi connectivity index (χ4v) is 5.58. The van der Waals surface area contributed by atoms with Gasteiger partial charge in [0.1, 0.15) is 28.1 Å². The highest BCUT2D eigenvalue weighted by atomic mass is 32.2. The molecule has 9 nitrogen and oxygen atoms in total. The predicted molar refractivity (Wildman–Crippen MR) is 136 cm³/mol. The number of carbonyl (C=O) groups excluding carboxylic acids is 1. The van der Waals surface area contributed by atoms with Gasteiger partial charge in [-0.25, -0.2) is 18.2 Å². The molecule has 13 heteroatoms. The van der Waals surface area contributed by atoms with Gasteiger partial charge in [0.2, 0.25) is 0 Å². The zero-order valence-corrected chi connectivity index (χ0v) is 20.8. The fraction of sp³-hybridized carbons (Fsp3) is 0.320. The minimum atomic E-state index is -4.49. The van der Waals surface area contributed by atoms with Crippen LogP contribution >= 0.6 is 0 Å². The molecular weight excluding hydrogens is 521 g/mol. The maximum absolute atomic E-state index is 13.4. The number of halogens is 3. The Hall–Kier alpha value is -4.23. The van der Waals surface area contributed by atoms with Crippen molar-refractivity contribution in [2.45, 2.75) is 31.6 Å². The van der Waals surface area contributed by atoms with Gasteiger partial charge in [-0.05, 0) is 49.1 Å². The van der Waals surface area contributed by atoms with Crippen LogP contribution in [0.1, 0.15) is 24.2 Å². The van der Waals surface area contributed by atoms with Crippen LogP contribution in [0.2, 0.25) is 0 Å². The van der Waals surface area contributed by atoms with Crippen LogP contribution in [-0.4, -0.2) is 54.3 Å². The molecule has 3 N–H and O–H groups in total. The second kappa shape index (κ2) is 11.0. The number of amides is 2. The van der Waals surface area contributed by atoms with Crippen molar-refractivity contribution in [2.75, 3.05) is 28.7 Å². The summed E-state index contributed by atoms with van der Waals surface area (Å²) >= 11 is 0. The first-order valence-electron chi connectivity index (χ1n) is 11.6. The second-order valence-corrected chi connectivity index (χ2v) is 11.0. The molecule has 198 valence electrons. The van der Waals surface area contributed by atoms with Crippen molar-refractivity contribution in [2.24, 2.45) is 0 Å². The Morgan fingerprint density at radius 2 is 1.95 bits per heavy atom. The minimum Gasteiger partial charge on any atom is -0.382 e. The van der Waals surface area contributed by atoms with E-state index in [2.05, 4.69) is 32.8 Å². The number of hydrogen-bond donors (Lipinski definition) is 3. The number of benzene rings is 1. The lowest BCUT2D eigenvalue weighted by molar-refractivity contribution is -0.140. The summed E-state index contributed by atoms with van der Waals surface area (Å²) in [6.45, 7) is -1.38. The molecule has 1 saturated heterocycles. The monoisotopic (exact) mass is 544 g/mol. The number of alkyl halides is 3. The number of anilines is 2. The van der Waals surface area contributed by atoms with Gasteiger partial charge >= 0.3 is 12.2 Å². The molecule has 3 heterocycles. The highest BCUT2D eigenvalue weighted by Gasteiger charge is 2.30. The van der Waals surface area contributed by atoms with E-state index in [1.54, 1.807) is 24.3 Å². The molecule has 1 fully saturated rings. The summed E-state index contributed by atoms with van der Waals surface area (Å²) < 4.78 is 64.7. The predicted octanol–water partition coefficient (Wildman–Crippen LogP) is 3.63. The van der Waals surface area contributed by atoms with Crippen molar-refractivity contribution < 1.29 is 26.4 Å². The Labute approximate surface area is 217 Å². The van der Waals surface area contributed by atoms with Gasteiger partial charge < -0.3 is 20.5 Å². The quantitative estimate of drug-likeness (QED) is 0.421. The third kappa shape index (κ3) is 6.95. The summed E-state index contributed by atoms with van der Waals surface area (Å²) in [5, 5.41) is 17.6. The lowest BCUT2D eigenvalue weighted by Gasteiger charge is -2.24. The zero-order valence-electron chi connectivity index (χ0n) is 20.0. The molecule has 38 heavy (non-hydrogen) atoms. The largest absolute Gasteiger partial charge is 0.406 e. The van der Waals surface area contributed by atoms with Crippen LogP contribution in [0.3, 0.4) is 0 Å². The van der Waals surface area contributed by atoms with Crippen LogP contribution in [0, 0.1) is 23.2 Å². The van der Waals surface area contributed by atoms with Crippen molar-refractivity contribution in [3.63, 3.8) is 0 Å². The molecule has 2 aromatic heterocycles. The molecular formula is C25H23F3N6O3S. The molecule has 0 radical (unpaired) electrons. The van der Waals surface area contributed by atoms with Crippen LogP contribution in [0.4, 0.5) is 29.3 Å². The van der Waals surface area contributed by atoms with Gasteiger partial charge in [-0.1, -0.05) is 12.0 Å². The van der Waals surface area contributed by atoms with Crippen molar-refractivity contribution in [3.05, 3.63) is 54.0 Å². The Bertz CT molecular complexity index is 1530. The first-order chi connectivity index (χ1) is 18.0. The lowest BCUT2D eigenvalue weighted by atomic mass is 10.1. The number of rotatable bonds is 5. The Morgan fingerprint density at radius 3 is 2.61 bits per heavy atom. The van der Waals surface area contributed by atoms with Gasteiger partial charge in [-0.15, -0.1) is 0 Å². The van der Waals surface area contributed by atoms with Gasteiger partial charge in [0.15, 0.2) is 0 Å². The van der Waals surface area contributed by atoms with E-state index in [0.717, 1.165) is 4.57 Å². The number of aromatic nitrogens is 2. The van der Waals surface area contributed by atoms with Gasteiger partial charge in [0.05, 0.1) is 41.1 Å². The van der Waals surface area contributed by atoms with E-state index in [1.165, 1.54) is 18.3 Å². The standard InChI is InChI=1S/C25H23F3N6O3S/c26-25(27,28)16-34-20(3-2-10-30-24(35)33-19-7-6-18(14-29)31-15-19)13-21-22(4-1-5-23(21)34)32-17-8-11-38(36,37)12-9-17/h1,4-7,13,15,17,32H,8-12,16H2,(H2,30,33,35). The first-order valence-corrected chi connectivity index (χ1v) is 13.4. The van der Waals surface area contributed by atoms with Gasteiger partial charge in [0, 0.05) is 17.1 Å². The summed E-state index contributed by atoms with van der Waals surface area (Å²) in [5.41, 5.74) is 1.61. The smallest absolute Gasteiger partial charge is 0.382 e. The van der Waals surface area contributed by atoms with Crippen LogP contribution in [-0.2, 0) is 16.4 Å². The number of urea groups is 1. The maximum Gasteiger partial charge on any atom is 0.406 e. The van der Waals surface area contributed by atoms with E-state index in [0.29, 0.717) is 35.1 Å². The summed E-state index contributed by atoms with van der Waals surface area (Å²) in [6, 6.07) is 10.6. The van der Waals surface area contributed by atoms with Crippen LogP contribution in [0.15, 0.2) is 42.6 Å². The van der Waals surface area contributed by atoms with E-state index in [4.69, 9.17) is 5.26 Å². The third-order valence-electron chi connectivity index (χ3n) is 5.89. The molecule has 0 saturated carbocycles. The normalized spacial score (nSPS) is 15.2. The molecule has 4 rings (SSSR count). The average molecular weight is 545 g/mol. The molecule has 2 amide bonds. The number of fused-ring (bicyclic) bond motifs is 1. The van der Waals surface area contributed by atoms with Crippen molar-refractivity contribution >= 4 is 38.1 Å². The molecule has 0 unspecified atom stereocenters. The Kier molecular flexibility index (Phi) is 7.78. The highest BCUT2D eigenvalue weighted by Crippen LogP contribution is 2.31. The lowest BCUT2D eigenvalue weighted by Crippen LogP contribution is -2.32. The number of carbonyl (C=O) groups is 1. The Balaban J connectivity index is 1.50. The number of nitriles is 1. The number of hydrogen-bond acceptors (Lipinski definition) is 6. The van der Waals surface area contributed by atoms with E-state index < -0.39 is 28.6 Å². The Morgan fingerprint density at radius 1 is 1.18 bits per heavy atom. The zero-order chi connectivity index (χ0) is 27.3. The first kappa shape index (κ1) is 26.8. The van der Waals surface area contributed by atoms with Gasteiger partial charge in [0.25, 0.3) is 0 Å². The summed E-state index contributed by atoms with van der Waals surface area (Å²) in [4.78, 5) is 15.9. The summed E-state index contributed by atoms with van der Waals surface area (Å²) in [7, 11) is -3.05. The van der Waals surface area contributed by atoms with Crippen molar-refractivity contribution in [1.82, 2.24) is 14.9 Å². The molecule has 1 aliphatic heterocycles. The van der Waals surface area contributed by atoms with E-state index in [-0.39, 0.29) is 35.5 Å². The van der Waals surface area contributed by atoms with Crippen molar-refractivity contribution in [1.29, 1.82) is 5.26 Å². The van der Waals surface area contributed by atoms with E-state index >= 15 is 0 Å². The molecule has 1 aliphatic rings. The average Bonchev–Trinajstić information content (AvgIpc) is 3.20. The SMILES string of the molecule is N#Cc1ccc(NC(=O)NCC#Cc2cc3c(NC4CCS(=O)(=O)CC4)cccc3n2CC(F)(F)F)cn1. The van der Waals surface area contributed by atoms with Crippen LogP contribution in [0.5, 0.6) is 0 Å². The summed E-state index contributed by atoms with van der Waals surface area (Å²) in [5.74, 6) is 5.52. The van der Waals surface area contributed by atoms with Gasteiger partial charge in [-0.3, -0.25) is 0 Å². The van der Waals surface area contributed by atoms with Crippen LogP contribution in [0.25, 0.3) is 10.9 Å². The minimum absolute atomic E-state index is 0.0642.